The molecule has 0 aliphatic carbocycles. The average Bonchev–Trinajstić information content (AvgIpc) is 2.21. The number of nitrogens with zero attached hydrogens (tertiary/aromatic N) is 1. The summed E-state index contributed by atoms with van der Waals surface area (Å²) in [6.07, 6.45) is -0.462. The van der Waals surface area contributed by atoms with Crippen LogP contribution in [0.15, 0.2) is 12.3 Å². The molecule has 1 rings (SSSR count). The lowest BCUT2D eigenvalue weighted by molar-refractivity contribution is 0.00407. The Bertz CT molecular complexity index is 332. The first-order chi connectivity index (χ1) is 7.06. The molecule has 4 nitrogen and oxygen atoms in total. The number of halogens is 1. The highest BCUT2D eigenvalue weighted by molar-refractivity contribution is 6.30. The summed E-state index contributed by atoms with van der Waals surface area (Å²) in [5.41, 5.74) is 1.24. The number of pyridine rings is 1. The van der Waals surface area contributed by atoms with Gasteiger partial charge >= 0.3 is 0 Å². The maximum Gasteiger partial charge on any atom is 0.134 e. The molecule has 2 unspecified atom stereocenters. The Labute approximate surface area is 93.2 Å². The normalized spacial score (nSPS) is 15.0. The lowest BCUT2D eigenvalue weighted by atomic mass is 10.0. The standard InChI is InChI=1S/C10H14ClNO3/c1-6-4-7(10(11)12-5-6)9(15)8(14)2-3-13/h4-5,8-9,13-15H,2-3H2,1H3. The molecule has 0 fully saturated rings. The van der Waals surface area contributed by atoms with Crippen molar-refractivity contribution in [3.8, 4) is 0 Å². The molecule has 5 heteroatoms. The zero-order valence-electron chi connectivity index (χ0n) is 8.39. The minimum Gasteiger partial charge on any atom is -0.396 e. The van der Waals surface area contributed by atoms with E-state index in [1.165, 1.54) is 0 Å². The molecule has 15 heavy (non-hydrogen) atoms. The zero-order valence-corrected chi connectivity index (χ0v) is 9.15. The van der Waals surface area contributed by atoms with Crippen LogP contribution in [0.4, 0.5) is 0 Å². The van der Waals surface area contributed by atoms with E-state index in [0.29, 0.717) is 5.56 Å². The van der Waals surface area contributed by atoms with E-state index in [2.05, 4.69) is 4.98 Å². The van der Waals surface area contributed by atoms with Crippen molar-refractivity contribution in [2.24, 2.45) is 0 Å². The molecule has 0 amide bonds. The fourth-order valence-electron chi connectivity index (χ4n) is 1.28. The van der Waals surface area contributed by atoms with Crippen molar-refractivity contribution in [2.75, 3.05) is 6.61 Å². The molecule has 0 aliphatic rings. The van der Waals surface area contributed by atoms with Gasteiger partial charge in [0.1, 0.15) is 11.3 Å². The van der Waals surface area contributed by atoms with Crippen LogP contribution in [0, 0.1) is 6.92 Å². The van der Waals surface area contributed by atoms with E-state index >= 15 is 0 Å². The van der Waals surface area contributed by atoms with Crippen LogP contribution < -0.4 is 0 Å². The third-order valence-electron chi connectivity index (χ3n) is 2.11. The predicted molar refractivity (Wildman–Crippen MR) is 56.7 cm³/mol. The topological polar surface area (TPSA) is 73.6 Å². The number of aryl methyl sites for hydroxylation is 1. The number of hydrogen-bond donors (Lipinski definition) is 3. The maximum atomic E-state index is 9.74. The van der Waals surface area contributed by atoms with Gasteiger partial charge in [-0.25, -0.2) is 4.98 Å². The molecule has 1 aromatic heterocycles. The largest absolute Gasteiger partial charge is 0.396 e. The van der Waals surface area contributed by atoms with Gasteiger partial charge in [-0.1, -0.05) is 11.6 Å². The predicted octanol–water partition coefficient (Wildman–Crippen LogP) is 0.820. The lowest BCUT2D eigenvalue weighted by Gasteiger charge is -2.18. The number of hydrogen-bond acceptors (Lipinski definition) is 4. The van der Waals surface area contributed by atoms with Crippen molar-refractivity contribution in [2.45, 2.75) is 25.6 Å². The first-order valence-electron chi connectivity index (χ1n) is 4.65. The summed E-state index contributed by atoms with van der Waals surface area (Å²) in [6.45, 7) is 1.63. The molecular formula is C10H14ClNO3. The van der Waals surface area contributed by atoms with Crippen LogP contribution >= 0.6 is 11.6 Å². The third-order valence-corrected chi connectivity index (χ3v) is 2.43. The minimum atomic E-state index is -1.11. The van der Waals surface area contributed by atoms with Gasteiger partial charge in [0.15, 0.2) is 0 Å². The molecule has 0 aliphatic heterocycles. The number of aromatic nitrogens is 1. The summed E-state index contributed by atoms with van der Waals surface area (Å²) < 4.78 is 0. The molecule has 1 heterocycles. The Hall–Kier alpha value is -0.680. The van der Waals surface area contributed by atoms with Crippen molar-refractivity contribution >= 4 is 11.6 Å². The Balaban J connectivity index is 2.89. The number of rotatable bonds is 4. The van der Waals surface area contributed by atoms with Gasteiger partial charge in [-0.2, -0.15) is 0 Å². The van der Waals surface area contributed by atoms with E-state index in [1.807, 2.05) is 6.92 Å². The van der Waals surface area contributed by atoms with Gasteiger partial charge in [0.25, 0.3) is 0 Å². The molecule has 84 valence electrons. The van der Waals surface area contributed by atoms with Gasteiger partial charge in [0.2, 0.25) is 0 Å². The number of aliphatic hydroxyl groups excluding tert-OH is 3. The minimum absolute atomic E-state index is 0.103. The van der Waals surface area contributed by atoms with Crippen LogP contribution in [0.1, 0.15) is 23.7 Å². The van der Waals surface area contributed by atoms with Gasteiger partial charge in [0, 0.05) is 18.4 Å². The van der Waals surface area contributed by atoms with Gasteiger partial charge in [-0.15, -0.1) is 0 Å². The van der Waals surface area contributed by atoms with Crippen LogP contribution in [0.5, 0.6) is 0 Å². The second-order valence-electron chi connectivity index (χ2n) is 3.42. The van der Waals surface area contributed by atoms with Crippen molar-refractivity contribution < 1.29 is 15.3 Å². The monoisotopic (exact) mass is 231 g/mol. The fourth-order valence-corrected chi connectivity index (χ4v) is 1.50. The molecular weight excluding hydrogens is 218 g/mol. The summed E-state index contributed by atoms with van der Waals surface area (Å²) in [5, 5.41) is 28.0. The van der Waals surface area contributed by atoms with E-state index in [4.69, 9.17) is 16.7 Å². The maximum absolute atomic E-state index is 9.74. The van der Waals surface area contributed by atoms with Crippen LogP contribution in [-0.2, 0) is 0 Å². The van der Waals surface area contributed by atoms with Crippen molar-refractivity contribution in [3.63, 3.8) is 0 Å². The quantitative estimate of drug-likeness (QED) is 0.671. The van der Waals surface area contributed by atoms with Gasteiger partial charge in [0.05, 0.1) is 6.10 Å². The van der Waals surface area contributed by atoms with E-state index in [-0.39, 0.29) is 18.2 Å². The molecule has 3 N–H and O–H groups in total. The smallest absolute Gasteiger partial charge is 0.134 e. The average molecular weight is 232 g/mol. The Morgan fingerprint density at radius 1 is 1.47 bits per heavy atom. The highest BCUT2D eigenvalue weighted by atomic mass is 35.5. The first-order valence-corrected chi connectivity index (χ1v) is 5.03. The molecule has 0 spiro atoms. The Morgan fingerprint density at radius 3 is 2.73 bits per heavy atom. The summed E-state index contributed by atoms with van der Waals surface area (Å²) in [4.78, 5) is 3.87. The van der Waals surface area contributed by atoms with Gasteiger partial charge in [-0.05, 0) is 25.0 Å². The van der Waals surface area contributed by atoms with E-state index in [9.17, 15) is 10.2 Å². The van der Waals surface area contributed by atoms with Gasteiger partial charge < -0.3 is 15.3 Å². The zero-order chi connectivity index (χ0) is 11.4. The summed E-state index contributed by atoms with van der Waals surface area (Å²) in [7, 11) is 0. The highest BCUT2D eigenvalue weighted by Crippen LogP contribution is 2.25. The molecule has 0 saturated heterocycles. The lowest BCUT2D eigenvalue weighted by Crippen LogP contribution is -2.20. The van der Waals surface area contributed by atoms with Crippen molar-refractivity contribution in [1.82, 2.24) is 4.98 Å². The number of aliphatic hydroxyl groups is 3. The fraction of sp³-hybridized carbons (Fsp3) is 0.500. The molecule has 0 bridgehead atoms. The summed E-state index contributed by atoms with van der Waals surface area (Å²) >= 11 is 5.79. The molecule has 0 radical (unpaired) electrons. The van der Waals surface area contributed by atoms with Crippen molar-refractivity contribution in [3.05, 3.63) is 28.5 Å². The summed E-state index contributed by atoms with van der Waals surface area (Å²) in [5.74, 6) is 0. The Morgan fingerprint density at radius 2 is 2.13 bits per heavy atom. The van der Waals surface area contributed by atoms with Crippen molar-refractivity contribution in [1.29, 1.82) is 0 Å². The molecule has 2 atom stereocenters. The SMILES string of the molecule is Cc1cnc(Cl)c(C(O)C(O)CCO)c1. The Kier molecular flexibility index (Phi) is 4.47. The molecule has 1 aromatic rings. The van der Waals surface area contributed by atoms with Crippen LogP contribution in [0.25, 0.3) is 0 Å². The van der Waals surface area contributed by atoms with Crippen LogP contribution in [0.3, 0.4) is 0 Å². The van der Waals surface area contributed by atoms with Crippen LogP contribution in [-0.4, -0.2) is 33.0 Å². The van der Waals surface area contributed by atoms with E-state index in [1.54, 1.807) is 12.3 Å². The summed E-state index contributed by atoms with van der Waals surface area (Å²) in [6, 6.07) is 1.67. The second-order valence-corrected chi connectivity index (χ2v) is 3.78. The second kappa shape index (κ2) is 5.42. The molecule has 0 saturated carbocycles. The van der Waals surface area contributed by atoms with Gasteiger partial charge in [-0.3, -0.25) is 0 Å². The first kappa shape index (κ1) is 12.4. The van der Waals surface area contributed by atoms with E-state index in [0.717, 1.165) is 5.56 Å². The van der Waals surface area contributed by atoms with E-state index < -0.39 is 12.2 Å². The van der Waals surface area contributed by atoms with Crippen LogP contribution in [0.2, 0.25) is 5.15 Å². The third kappa shape index (κ3) is 3.14. The molecule has 0 aromatic carbocycles. The highest BCUT2D eigenvalue weighted by Gasteiger charge is 2.20.